The van der Waals surface area contributed by atoms with Crippen molar-refractivity contribution in [1.82, 2.24) is 0 Å². The first-order valence-electron chi connectivity index (χ1n) is 11.2. The van der Waals surface area contributed by atoms with Crippen LogP contribution in [0.15, 0.2) is 58.7 Å². The zero-order chi connectivity index (χ0) is 23.4. The lowest BCUT2D eigenvalue weighted by Crippen LogP contribution is -2.10. The molecule has 0 heterocycles. The van der Waals surface area contributed by atoms with E-state index >= 15 is 0 Å². The molecule has 0 saturated heterocycles. The van der Waals surface area contributed by atoms with Gasteiger partial charge >= 0.3 is 5.97 Å². The summed E-state index contributed by atoms with van der Waals surface area (Å²) in [4.78, 5) is 12.3. The van der Waals surface area contributed by atoms with E-state index < -0.39 is 0 Å². The molecule has 1 aromatic rings. The van der Waals surface area contributed by atoms with Crippen LogP contribution in [0, 0.1) is 0 Å². The van der Waals surface area contributed by atoms with Gasteiger partial charge in [0.25, 0.3) is 0 Å². The fraction of sp³-hybridized carbons (Fsp3) is 0.464. The molecule has 0 bridgehead atoms. The molecule has 3 nitrogen and oxygen atoms in total. The minimum absolute atomic E-state index is 0.336. The van der Waals surface area contributed by atoms with Gasteiger partial charge in [0.1, 0.15) is 0 Å². The predicted octanol–water partition coefficient (Wildman–Crippen LogP) is 7.53. The molecule has 0 aromatic heterocycles. The summed E-state index contributed by atoms with van der Waals surface area (Å²) in [6.07, 6.45) is 14.5. The van der Waals surface area contributed by atoms with Crippen LogP contribution >= 0.6 is 0 Å². The standard InChI is InChI=1S/C28H41NO2/c1-20(2)10-8-12-22(5)14-16-24-17-19-26(28(30)31-7)25(27(24)29)18-15-23(6)13-9-11-21(3)4/h10-11,14-15,17,19H,8-9,12-13,16,18,29H2,1-7H3. The van der Waals surface area contributed by atoms with Crippen LogP contribution in [0.1, 0.15) is 88.7 Å². The lowest BCUT2D eigenvalue weighted by atomic mass is 9.95. The molecule has 1 rings (SSSR count). The first-order valence-corrected chi connectivity index (χ1v) is 11.2. The van der Waals surface area contributed by atoms with Gasteiger partial charge in [0, 0.05) is 5.69 Å². The van der Waals surface area contributed by atoms with E-state index in [-0.39, 0.29) is 5.97 Å². The average molecular weight is 424 g/mol. The molecule has 0 aliphatic heterocycles. The van der Waals surface area contributed by atoms with Crippen molar-refractivity contribution in [3.8, 4) is 0 Å². The van der Waals surface area contributed by atoms with Crippen LogP contribution in [0.4, 0.5) is 5.69 Å². The summed E-state index contributed by atoms with van der Waals surface area (Å²) in [6, 6.07) is 3.81. The van der Waals surface area contributed by atoms with Crippen LogP contribution < -0.4 is 5.73 Å². The molecule has 1 aromatic carbocycles. The lowest BCUT2D eigenvalue weighted by molar-refractivity contribution is 0.0599. The number of nitrogens with two attached hydrogens (primary N) is 1. The summed E-state index contributed by atoms with van der Waals surface area (Å²) >= 11 is 0. The number of ether oxygens (including phenoxy) is 1. The van der Waals surface area contributed by atoms with Crippen LogP contribution in [0.2, 0.25) is 0 Å². The number of nitrogen functional groups attached to an aromatic ring is 1. The van der Waals surface area contributed by atoms with E-state index in [2.05, 4.69) is 65.8 Å². The van der Waals surface area contributed by atoms with Crippen LogP contribution in [-0.2, 0) is 17.6 Å². The van der Waals surface area contributed by atoms with Crippen molar-refractivity contribution in [3.63, 3.8) is 0 Å². The van der Waals surface area contributed by atoms with Crippen molar-refractivity contribution in [2.75, 3.05) is 12.8 Å². The summed E-state index contributed by atoms with van der Waals surface area (Å²) in [5.41, 5.74) is 15.1. The predicted molar refractivity (Wildman–Crippen MR) is 134 cm³/mol. The van der Waals surface area contributed by atoms with Crippen molar-refractivity contribution in [3.05, 3.63) is 75.4 Å². The Hall–Kier alpha value is -2.55. The molecular weight excluding hydrogens is 382 g/mol. The topological polar surface area (TPSA) is 52.3 Å². The Morgan fingerprint density at radius 2 is 1.35 bits per heavy atom. The second-order valence-electron chi connectivity index (χ2n) is 8.81. The molecule has 0 saturated carbocycles. The Morgan fingerprint density at radius 1 is 0.839 bits per heavy atom. The molecule has 31 heavy (non-hydrogen) atoms. The van der Waals surface area contributed by atoms with Crippen LogP contribution in [0.25, 0.3) is 0 Å². The Labute approximate surface area is 189 Å². The number of allylic oxidation sites excluding steroid dienone is 8. The van der Waals surface area contributed by atoms with Crippen molar-refractivity contribution in [2.45, 2.75) is 80.1 Å². The molecule has 0 atom stereocenters. The molecule has 0 radical (unpaired) electrons. The zero-order valence-electron chi connectivity index (χ0n) is 20.6. The summed E-state index contributed by atoms with van der Waals surface area (Å²) < 4.78 is 4.99. The third kappa shape index (κ3) is 9.87. The number of benzene rings is 1. The van der Waals surface area contributed by atoms with Gasteiger partial charge in [0.2, 0.25) is 0 Å². The monoisotopic (exact) mass is 423 g/mol. The molecule has 3 heteroatoms. The molecule has 2 N–H and O–H groups in total. The number of carbonyl (C=O) groups excluding carboxylic acids is 1. The van der Waals surface area contributed by atoms with Crippen LogP contribution in [0.3, 0.4) is 0 Å². The van der Waals surface area contributed by atoms with Gasteiger partial charge < -0.3 is 10.5 Å². The first-order chi connectivity index (χ1) is 14.6. The summed E-state index contributed by atoms with van der Waals surface area (Å²) in [6.45, 7) is 12.8. The molecule has 0 aliphatic carbocycles. The second kappa shape index (κ2) is 13.7. The number of anilines is 1. The van der Waals surface area contributed by atoms with Crippen molar-refractivity contribution < 1.29 is 9.53 Å². The normalized spacial score (nSPS) is 11.8. The van der Waals surface area contributed by atoms with E-state index in [4.69, 9.17) is 10.5 Å². The van der Waals surface area contributed by atoms with Crippen LogP contribution in [0.5, 0.6) is 0 Å². The summed E-state index contributed by atoms with van der Waals surface area (Å²) in [5, 5.41) is 0. The zero-order valence-corrected chi connectivity index (χ0v) is 20.6. The molecular formula is C28H41NO2. The maximum absolute atomic E-state index is 12.3. The van der Waals surface area contributed by atoms with E-state index in [9.17, 15) is 4.79 Å². The third-order valence-corrected chi connectivity index (χ3v) is 5.36. The number of methoxy groups -OCH3 is 1. The molecule has 170 valence electrons. The highest BCUT2D eigenvalue weighted by Gasteiger charge is 2.16. The van der Waals surface area contributed by atoms with Gasteiger partial charge in [-0.2, -0.15) is 0 Å². The number of rotatable bonds is 11. The van der Waals surface area contributed by atoms with Gasteiger partial charge in [0.05, 0.1) is 12.7 Å². The SMILES string of the molecule is COC(=O)c1ccc(CC=C(C)CCC=C(C)C)c(N)c1CC=C(C)CCC=C(C)C. The van der Waals surface area contributed by atoms with Crippen molar-refractivity contribution in [2.24, 2.45) is 0 Å². The highest BCUT2D eigenvalue weighted by molar-refractivity contribution is 5.93. The summed E-state index contributed by atoms with van der Waals surface area (Å²) in [5.74, 6) is -0.336. The van der Waals surface area contributed by atoms with Gasteiger partial charge in [-0.05, 0) is 97.3 Å². The quantitative estimate of drug-likeness (QED) is 0.227. The number of esters is 1. The molecule has 0 unspecified atom stereocenters. The third-order valence-electron chi connectivity index (χ3n) is 5.36. The van der Waals surface area contributed by atoms with Crippen LogP contribution in [-0.4, -0.2) is 13.1 Å². The van der Waals surface area contributed by atoms with E-state index in [1.165, 1.54) is 29.4 Å². The highest BCUT2D eigenvalue weighted by Crippen LogP contribution is 2.26. The molecule has 0 spiro atoms. The van der Waals surface area contributed by atoms with Gasteiger partial charge in [-0.1, -0.05) is 52.7 Å². The van der Waals surface area contributed by atoms with Gasteiger partial charge in [-0.15, -0.1) is 0 Å². The average Bonchev–Trinajstić information content (AvgIpc) is 2.70. The Bertz CT molecular complexity index is 861. The molecule has 0 aliphatic rings. The minimum Gasteiger partial charge on any atom is -0.465 e. The van der Waals surface area contributed by atoms with Crippen molar-refractivity contribution >= 4 is 11.7 Å². The van der Waals surface area contributed by atoms with Gasteiger partial charge in [0.15, 0.2) is 0 Å². The largest absolute Gasteiger partial charge is 0.465 e. The van der Waals surface area contributed by atoms with E-state index in [0.29, 0.717) is 17.7 Å². The lowest BCUT2D eigenvalue weighted by Gasteiger charge is -2.14. The molecule has 0 fully saturated rings. The maximum Gasteiger partial charge on any atom is 0.338 e. The number of hydrogen-bond acceptors (Lipinski definition) is 3. The van der Waals surface area contributed by atoms with E-state index in [0.717, 1.165) is 43.2 Å². The Morgan fingerprint density at radius 3 is 1.84 bits per heavy atom. The highest BCUT2D eigenvalue weighted by atomic mass is 16.5. The molecule has 0 amide bonds. The first kappa shape index (κ1) is 26.5. The minimum atomic E-state index is -0.336. The van der Waals surface area contributed by atoms with Crippen molar-refractivity contribution in [1.29, 1.82) is 0 Å². The fourth-order valence-corrected chi connectivity index (χ4v) is 3.35. The maximum atomic E-state index is 12.3. The Kier molecular flexibility index (Phi) is 11.7. The van der Waals surface area contributed by atoms with Gasteiger partial charge in [-0.3, -0.25) is 0 Å². The van der Waals surface area contributed by atoms with E-state index in [1.807, 2.05) is 12.1 Å². The number of hydrogen-bond donors (Lipinski definition) is 1. The fourth-order valence-electron chi connectivity index (χ4n) is 3.35. The number of carbonyl (C=O) groups is 1. The smallest absolute Gasteiger partial charge is 0.338 e. The van der Waals surface area contributed by atoms with Gasteiger partial charge in [-0.25, -0.2) is 4.79 Å². The summed E-state index contributed by atoms with van der Waals surface area (Å²) in [7, 11) is 1.41. The Balaban J connectivity index is 3.05. The van der Waals surface area contributed by atoms with E-state index in [1.54, 1.807) is 0 Å². The second-order valence-corrected chi connectivity index (χ2v) is 8.81.